The summed E-state index contributed by atoms with van der Waals surface area (Å²) in [4.78, 5) is 11.7. The molecule has 1 rings (SSSR count). The third kappa shape index (κ3) is 4.86. The lowest BCUT2D eigenvalue weighted by Crippen LogP contribution is -1.91. The topological polar surface area (TPSA) is 37.3 Å². The molecule has 0 saturated heterocycles. The maximum Gasteiger partial charge on any atom is 0.328 e. The molecule has 1 aromatic heterocycles. The van der Waals surface area contributed by atoms with Crippen molar-refractivity contribution in [2.24, 2.45) is 5.92 Å². The predicted molar refractivity (Wildman–Crippen MR) is 72.0 cm³/mol. The number of hydrogen-bond acceptors (Lipinski definition) is 3. The summed E-state index contributed by atoms with van der Waals surface area (Å²) in [5.41, 5.74) is 1.03. The monoisotopic (exact) mass is 256 g/mol. The Balaban J connectivity index is 2.53. The molecule has 0 atom stereocenters. The number of carboxylic acid groups (broad SMARTS) is 1. The summed E-state index contributed by atoms with van der Waals surface area (Å²) in [5.74, 6) is 1.91. The van der Waals surface area contributed by atoms with Gasteiger partial charge in [-0.15, -0.1) is 11.3 Å². The molecular weight excluding hydrogens is 240 g/mol. The van der Waals surface area contributed by atoms with Crippen molar-refractivity contribution in [1.29, 1.82) is 0 Å². The van der Waals surface area contributed by atoms with E-state index in [1.54, 1.807) is 17.4 Å². The van der Waals surface area contributed by atoms with Crippen molar-refractivity contribution in [3.63, 3.8) is 0 Å². The highest BCUT2D eigenvalue weighted by atomic mass is 32.2. The van der Waals surface area contributed by atoms with Crippen molar-refractivity contribution in [3.8, 4) is 0 Å². The summed E-state index contributed by atoms with van der Waals surface area (Å²) in [6, 6.07) is 1.97. The van der Waals surface area contributed by atoms with Crippen molar-refractivity contribution in [2.75, 3.05) is 5.75 Å². The lowest BCUT2D eigenvalue weighted by atomic mass is 10.2. The highest BCUT2D eigenvalue weighted by Gasteiger charge is 2.03. The molecule has 0 fully saturated rings. The zero-order valence-corrected chi connectivity index (χ0v) is 11.1. The molecule has 0 amide bonds. The Labute approximate surface area is 104 Å². The molecular formula is C12H16O2S2. The third-order valence-corrected chi connectivity index (χ3v) is 4.38. The third-order valence-electron chi connectivity index (χ3n) is 1.87. The van der Waals surface area contributed by atoms with Gasteiger partial charge in [0.25, 0.3) is 0 Å². The van der Waals surface area contributed by atoms with Gasteiger partial charge in [-0.3, -0.25) is 0 Å². The van der Waals surface area contributed by atoms with Crippen LogP contribution in [0.25, 0.3) is 6.08 Å². The number of carbonyl (C=O) groups is 1. The van der Waals surface area contributed by atoms with Crippen LogP contribution in [0.15, 0.2) is 17.5 Å². The van der Waals surface area contributed by atoms with E-state index in [0.717, 1.165) is 17.1 Å². The molecule has 16 heavy (non-hydrogen) atoms. The standard InChI is InChI=1S/C12H16O2S2/c1-9(2)7-15-8-11-10(5-6-16-11)3-4-12(13)14/h3-6,9H,7-8H2,1-2H3,(H,13,14). The van der Waals surface area contributed by atoms with Crippen LogP contribution in [0.1, 0.15) is 24.3 Å². The van der Waals surface area contributed by atoms with E-state index in [2.05, 4.69) is 13.8 Å². The van der Waals surface area contributed by atoms with Gasteiger partial charge in [0.1, 0.15) is 0 Å². The molecule has 0 spiro atoms. The number of thiophene rings is 1. The van der Waals surface area contributed by atoms with Gasteiger partial charge in [0, 0.05) is 16.7 Å². The first-order valence-corrected chi connectivity index (χ1v) is 7.18. The first-order valence-electron chi connectivity index (χ1n) is 5.14. The van der Waals surface area contributed by atoms with Crippen LogP contribution in [0.2, 0.25) is 0 Å². The Morgan fingerprint density at radius 3 is 3.00 bits per heavy atom. The van der Waals surface area contributed by atoms with Gasteiger partial charge in [-0.05, 0) is 34.8 Å². The van der Waals surface area contributed by atoms with Gasteiger partial charge in [-0.2, -0.15) is 11.8 Å². The molecule has 0 bridgehead atoms. The van der Waals surface area contributed by atoms with Gasteiger partial charge in [0.15, 0.2) is 0 Å². The maximum absolute atomic E-state index is 10.4. The van der Waals surface area contributed by atoms with Gasteiger partial charge in [0.2, 0.25) is 0 Å². The quantitative estimate of drug-likeness (QED) is 0.788. The zero-order valence-electron chi connectivity index (χ0n) is 9.47. The molecule has 1 N–H and O–H groups in total. The van der Waals surface area contributed by atoms with E-state index < -0.39 is 5.97 Å². The highest BCUT2D eigenvalue weighted by molar-refractivity contribution is 7.98. The SMILES string of the molecule is CC(C)CSCc1sccc1C=CC(=O)O. The van der Waals surface area contributed by atoms with Gasteiger partial charge in [-0.1, -0.05) is 13.8 Å². The van der Waals surface area contributed by atoms with Crippen LogP contribution in [0.3, 0.4) is 0 Å². The van der Waals surface area contributed by atoms with E-state index in [1.165, 1.54) is 11.0 Å². The number of aliphatic carboxylic acids is 1. The molecule has 0 unspecified atom stereocenters. The minimum absolute atomic E-state index is 0.697. The summed E-state index contributed by atoms with van der Waals surface area (Å²) in [6.45, 7) is 4.40. The van der Waals surface area contributed by atoms with E-state index in [1.807, 2.05) is 23.2 Å². The Morgan fingerprint density at radius 2 is 2.38 bits per heavy atom. The first-order chi connectivity index (χ1) is 7.59. The average Bonchev–Trinajstić information content (AvgIpc) is 2.62. The molecule has 1 aromatic rings. The summed E-state index contributed by atoms with van der Waals surface area (Å²) < 4.78 is 0. The molecule has 88 valence electrons. The maximum atomic E-state index is 10.4. The van der Waals surface area contributed by atoms with Gasteiger partial charge >= 0.3 is 5.97 Å². The normalized spacial score (nSPS) is 11.4. The summed E-state index contributed by atoms with van der Waals surface area (Å²) in [6.07, 6.45) is 2.86. The second-order valence-electron chi connectivity index (χ2n) is 3.88. The predicted octanol–water partition coefficient (Wildman–Crippen LogP) is 3.74. The average molecular weight is 256 g/mol. The van der Waals surface area contributed by atoms with E-state index in [0.29, 0.717) is 5.92 Å². The van der Waals surface area contributed by atoms with Crippen molar-refractivity contribution in [3.05, 3.63) is 28.0 Å². The van der Waals surface area contributed by atoms with Crippen molar-refractivity contribution in [2.45, 2.75) is 19.6 Å². The molecule has 1 heterocycles. The number of carboxylic acids is 1. The van der Waals surface area contributed by atoms with Gasteiger partial charge in [-0.25, -0.2) is 4.79 Å². The van der Waals surface area contributed by atoms with Gasteiger partial charge in [0.05, 0.1) is 0 Å². The summed E-state index contributed by atoms with van der Waals surface area (Å²) >= 11 is 3.58. The fraction of sp³-hybridized carbons (Fsp3) is 0.417. The fourth-order valence-corrected chi connectivity index (χ4v) is 3.28. The minimum Gasteiger partial charge on any atom is -0.478 e. The van der Waals surface area contributed by atoms with E-state index in [9.17, 15) is 4.79 Å². The first kappa shape index (κ1) is 13.3. The van der Waals surface area contributed by atoms with Crippen molar-refractivity contribution >= 4 is 35.1 Å². The van der Waals surface area contributed by atoms with Crippen LogP contribution in [-0.2, 0) is 10.5 Å². The number of thioether (sulfide) groups is 1. The Bertz CT molecular complexity index is 367. The molecule has 4 heteroatoms. The Hall–Kier alpha value is -0.740. The van der Waals surface area contributed by atoms with E-state index in [4.69, 9.17) is 5.11 Å². The minimum atomic E-state index is -0.896. The Morgan fingerprint density at radius 1 is 1.62 bits per heavy atom. The van der Waals surface area contributed by atoms with Crippen LogP contribution in [-0.4, -0.2) is 16.8 Å². The molecule has 0 aliphatic rings. The van der Waals surface area contributed by atoms with Crippen LogP contribution in [0, 0.1) is 5.92 Å². The largest absolute Gasteiger partial charge is 0.478 e. The summed E-state index contributed by atoms with van der Waals surface area (Å²) in [7, 11) is 0. The zero-order chi connectivity index (χ0) is 12.0. The van der Waals surface area contributed by atoms with Crippen molar-refractivity contribution < 1.29 is 9.90 Å². The molecule has 0 aliphatic carbocycles. The van der Waals surface area contributed by atoms with Crippen LogP contribution in [0.4, 0.5) is 0 Å². The Kier molecular flexibility index (Phi) is 5.63. The number of rotatable bonds is 6. The lowest BCUT2D eigenvalue weighted by Gasteiger charge is -2.03. The van der Waals surface area contributed by atoms with Crippen LogP contribution < -0.4 is 0 Å². The molecule has 2 nitrogen and oxygen atoms in total. The van der Waals surface area contributed by atoms with Gasteiger partial charge < -0.3 is 5.11 Å². The fourth-order valence-electron chi connectivity index (χ4n) is 1.16. The van der Waals surface area contributed by atoms with E-state index in [-0.39, 0.29) is 0 Å². The molecule has 0 radical (unpaired) electrons. The van der Waals surface area contributed by atoms with Crippen LogP contribution in [0.5, 0.6) is 0 Å². The van der Waals surface area contributed by atoms with E-state index >= 15 is 0 Å². The second-order valence-corrected chi connectivity index (χ2v) is 5.91. The molecule has 0 aromatic carbocycles. The number of hydrogen-bond donors (Lipinski definition) is 1. The van der Waals surface area contributed by atoms with Crippen LogP contribution >= 0.6 is 23.1 Å². The molecule has 0 aliphatic heterocycles. The highest BCUT2D eigenvalue weighted by Crippen LogP contribution is 2.24. The lowest BCUT2D eigenvalue weighted by molar-refractivity contribution is -0.131. The summed E-state index contributed by atoms with van der Waals surface area (Å²) in [5, 5.41) is 10.6. The second kappa shape index (κ2) is 6.76. The van der Waals surface area contributed by atoms with Crippen molar-refractivity contribution in [1.82, 2.24) is 0 Å². The smallest absolute Gasteiger partial charge is 0.328 e. The molecule has 0 saturated carbocycles.